The average Bonchev–Trinajstić information content (AvgIpc) is 2.51. The Bertz CT molecular complexity index is 723. The van der Waals surface area contributed by atoms with E-state index in [1.54, 1.807) is 0 Å². The third kappa shape index (κ3) is 5.65. The Morgan fingerprint density at radius 3 is 2.43 bits per heavy atom. The Balaban J connectivity index is 1.80. The van der Waals surface area contributed by atoms with E-state index in [9.17, 15) is 14.0 Å². The fourth-order valence-corrected chi connectivity index (χ4v) is 2.25. The van der Waals surface area contributed by atoms with Crippen LogP contribution in [0, 0.1) is 5.82 Å². The van der Waals surface area contributed by atoms with Crippen molar-refractivity contribution in [3.05, 3.63) is 63.3 Å². The van der Waals surface area contributed by atoms with Gasteiger partial charge in [0.15, 0.2) is 0 Å². The van der Waals surface area contributed by atoms with E-state index in [4.69, 9.17) is 11.6 Å². The Hall–Kier alpha value is -1.92. The molecule has 0 unspecified atom stereocenters. The molecule has 0 fully saturated rings. The van der Waals surface area contributed by atoms with Crippen molar-refractivity contribution in [2.45, 2.75) is 6.42 Å². The highest BCUT2D eigenvalue weighted by Crippen LogP contribution is 2.19. The number of halogens is 3. The summed E-state index contributed by atoms with van der Waals surface area (Å²) in [6.07, 6.45) is 0.183. The molecule has 0 aliphatic carbocycles. The van der Waals surface area contributed by atoms with Crippen molar-refractivity contribution in [3.63, 3.8) is 0 Å². The summed E-state index contributed by atoms with van der Waals surface area (Å²) >= 11 is 8.94. The number of anilines is 1. The molecule has 2 amide bonds. The zero-order valence-corrected chi connectivity index (χ0v) is 14.2. The van der Waals surface area contributed by atoms with E-state index < -0.39 is 11.7 Å². The van der Waals surface area contributed by atoms with Crippen LogP contribution in [0.1, 0.15) is 5.56 Å². The summed E-state index contributed by atoms with van der Waals surface area (Å²) < 4.78 is 13.9. The van der Waals surface area contributed by atoms with Gasteiger partial charge in [0.1, 0.15) is 5.82 Å². The monoisotopic (exact) mass is 398 g/mol. The summed E-state index contributed by atoms with van der Waals surface area (Å²) in [5.74, 6) is -1.25. The lowest BCUT2D eigenvalue weighted by molar-refractivity contribution is -0.123. The first kappa shape index (κ1) is 17.4. The van der Waals surface area contributed by atoms with Gasteiger partial charge in [0.05, 0.1) is 18.0 Å². The van der Waals surface area contributed by atoms with Gasteiger partial charge in [0.2, 0.25) is 11.8 Å². The minimum Gasteiger partial charge on any atom is -0.347 e. The first-order valence-corrected chi connectivity index (χ1v) is 7.87. The highest BCUT2D eigenvalue weighted by Gasteiger charge is 2.08. The summed E-state index contributed by atoms with van der Waals surface area (Å²) in [5, 5.41) is 4.97. The van der Waals surface area contributed by atoms with Crippen LogP contribution in [0.4, 0.5) is 10.1 Å². The molecule has 0 aliphatic rings. The maximum atomic E-state index is 13.0. The lowest BCUT2D eigenvalue weighted by Crippen LogP contribution is -2.33. The minimum absolute atomic E-state index is 0.0814. The third-order valence-electron chi connectivity index (χ3n) is 2.93. The van der Waals surface area contributed by atoms with Gasteiger partial charge in [0.25, 0.3) is 0 Å². The van der Waals surface area contributed by atoms with Gasteiger partial charge in [-0.25, -0.2) is 4.39 Å². The molecule has 0 aromatic heterocycles. The minimum atomic E-state index is -0.563. The van der Waals surface area contributed by atoms with Gasteiger partial charge in [0, 0.05) is 10.2 Å². The fourth-order valence-electron chi connectivity index (χ4n) is 1.81. The third-order valence-corrected chi connectivity index (χ3v) is 3.75. The van der Waals surface area contributed by atoms with Crippen molar-refractivity contribution in [2.24, 2.45) is 0 Å². The van der Waals surface area contributed by atoms with Crippen molar-refractivity contribution in [3.8, 4) is 0 Å². The van der Waals surface area contributed by atoms with Crippen molar-refractivity contribution < 1.29 is 14.0 Å². The molecule has 0 bridgehead atoms. The molecule has 0 heterocycles. The summed E-state index contributed by atoms with van der Waals surface area (Å²) in [4.78, 5) is 23.5. The molecule has 0 radical (unpaired) electrons. The van der Waals surface area contributed by atoms with E-state index in [1.807, 2.05) is 24.3 Å². The van der Waals surface area contributed by atoms with E-state index in [0.717, 1.165) is 16.1 Å². The smallest absolute Gasteiger partial charge is 0.243 e. The van der Waals surface area contributed by atoms with Crippen LogP contribution >= 0.6 is 27.5 Å². The normalized spacial score (nSPS) is 10.2. The van der Waals surface area contributed by atoms with Gasteiger partial charge in [-0.2, -0.15) is 0 Å². The lowest BCUT2D eigenvalue weighted by atomic mass is 10.1. The van der Waals surface area contributed by atoms with Gasteiger partial charge < -0.3 is 10.6 Å². The number of rotatable bonds is 5. The van der Waals surface area contributed by atoms with Crippen molar-refractivity contribution in [2.75, 3.05) is 11.9 Å². The van der Waals surface area contributed by atoms with Gasteiger partial charge in [-0.3, -0.25) is 9.59 Å². The predicted octanol–water partition coefficient (Wildman–Crippen LogP) is 3.54. The Kier molecular flexibility index (Phi) is 6.12. The molecule has 2 N–H and O–H groups in total. The molecule has 0 saturated heterocycles. The summed E-state index contributed by atoms with van der Waals surface area (Å²) in [6.45, 7) is -0.176. The Labute approximate surface area is 146 Å². The highest BCUT2D eigenvalue weighted by atomic mass is 79.9. The van der Waals surface area contributed by atoms with E-state index >= 15 is 0 Å². The molecule has 2 aromatic rings. The number of carbonyl (C=O) groups is 2. The molecule has 0 aliphatic heterocycles. The largest absolute Gasteiger partial charge is 0.347 e. The van der Waals surface area contributed by atoms with Crippen LogP contribution in [0.15, 0.2) is 46.9 Å². The van der Waals surface area contributed by atoms with Crippen LogP contribution in [0.3, 0.4) is 0 Å². The van der Waals surface area contributed by atoms with Crippen LogP contribution in [0.25, 0.3) is 0 Å². The topological polar surface area (TPSA) is 58.2 Å². The van der Waals surface area contributed by atoms with E-state index in [1.165, 1.54) is 12.1 Å². The average molecular weight is 400 g/mol. The maximum absolute atomic E-state index is 13.0. The molecule has 0 spiro atoms. The molecule has 7 heteroatoms. The fraction of sp³-hybridized carbons (Fsp3) is 0.125. The first-order valence-electron chi connectivity index (χ1n) is 6.70. The van der Waals surface area contributed by atoms with Crippen LogP contribution in [-0.4, -0.2) is 18.4 Å². The number of benzene rings is 2. The predicted molar refractivity (Wildman–Crippen MR) is 90.9 cm³/mol. The van der Waals surface area contributed by atoms with E-state index in [2.05, 4.69) is 26.6 Å². The van der Waals surface area contributed by atoms with Crippen molar-refractivity contribution in [1.82, 2.24) is 5.32 Å². The quantitative estimate of drug-likeness (QED) is 0.808. The van der Waals surface area contributed by atoms with E-state index in [0.29, 0.717) is 5.69 Å². The van der Waals surface area contributed by atoms with Gasteiger partial charge in [-0.1, -0.05) is 39.7 Å². The molecule has 23 heavy (non-hydrogen) atoms. The molecule has 0 saturated carbocycles. The number of nitrogens with one attached hydrogen (secondary N) is 2. The summed E-state index contributed by atoms with van der Waals surface area (Å²) in [5.41, 5.74) is 1.21. The summed E-state index contributed by atoms with van der Waals surface area (Å²) in [7, 11) is 0. The van der Waals surface area contributed by atoms with Crippen LogP contribution < -0.4 is 10.6 Å². The Morgan fingerprint density at radius 2 is 1.78 bits per heavy atom. The second-order valence-corrected chi connectivity index (χ2v) is 6.08. The zero-order chi connectivity index (χ0) is 16.8. The molecule has 120 valence electrons. The van der Waals surface area contributed by atoms with Crippen LogP contribution in [0.2, 0.25) is 5.02 Å². The maximum Gasteiger partial charge on any atom is 0.243 e. The Morgan fingerprint density at radius 1 is 1.09 bits per heavy atom. The standard InChI is InChI=1S/C16H13BrClFN2O2/c17-11-3-1-10(2-4-11)7-15(22)20-9-16(23)21-12-5-6-14(19)13(18)8-12/h1-6,8H,7,9H2,(H,20,22)(H,21,23). The first-order chi connectivity index (χ1) is 10.9. The molecule has 0 atom stereocenters. The number of hydrogen-bond acceptors (Lipinski definition) is 2. The second kappa shape index (κ2) is 8.08. The van der Waals surface area contributed by atoms with Crippen molar-refractivity contribution >= 4 is 45.0 Å². The highest BCUT2D eigenvalue weighted by molar-refractivity contribution is 9.10. The lowest BCUT2D eigenvalue weighted by Gasteiger charge is -2.08. The molecular weight excluding hydrogens is 387 g/mol. The molecular formula is C16H13BrClFN2O2. The van der Waals surface area contributed by atoms with Crippen LogP contribution in [-0.2, 0) is 16.0 Å². The van der Waals surface area contributed by atoms with Crippen molar-refractivity contribution in [1.29, 1.82) is 0 Å². The van der Waals surface area contributed by atoms with Gasteiger partial charge in [-0.15, -0.1) is 0 Å². The SMILES string of the molecule is O=C(Cc1ccc(Br)cc1)NCC(=O)Nc1ccc(F)c(Cl)c1. The van der Waals surface area contributed by atoms with Gasteiger partial charge >= 0.3 is 0 Å². The number of amides is 2. The van der Waals surface area contributed by atoms with Gasteiger partial charge in [-0.05, 0) is 35.9 Å². The summed E-state index contributed by atoms with van der Waals surface area (Å²) in [6, 6.07) is 11.2. The van der Waals surface area contributed by atoms with E-state index in [-0.39, 0.29) is 23.9 Å². The second-order valence-electron chi connectivity index (χ2n) is 4.76. The molecule has 2 aromatic carbocycles. The molecule has 2 rings (SSSR count). The number of hydrogen-bond donors (Lipinski definition) is 2. The number of carbonyl (C=O) groups excluding carboxylic acids is 2. The zero-order valence-electron chi connectivity index (χ0n) is 11.9. The van der Waals surface area contributed by atoms with Crippen LogP contribution in [0.5, 0.6) is 0 Å². The molecule has 4 nitrogen and oxygen atoms in total.